The molecule has 0 aromatic carbocycles. The largest absolute Gasteiger partial charge is 0.481 e. The van der Waals surface area contributed by atoms with Crippen LogP contribution in [0.4, 0.5) is 0 Å². The van der Waals surface area contributed by atoms with Crippen molar-refractivity contribution in [2.24, 2.45) is 0 Å². The van der Waals surface area contributed by atoms with Gasteiger partial charge in [0.2, 0.25) is 17.7 Å². The standard InChI is InChI=1S/C30H53N3O9/c1-2-31-25(34)21-19-23(29(39)40)33-27(36)22-20-24(30(41)42)32-26(35)17-15-13-11-9-7-5-3-4-6-8-10-12-14-16-18-28(37)38/h23-24H,2-22H2,1H3,(H,31,34)(H,32,35)(H,33,36)(H,37,38)(H,39,40)(H,41,42)/t23-,24-/m0/s1. The van der Waals surface area contributed by atoms with E-state index < -0.39 is 41.8 Å². The molecule has 0 aliphatic heterocycles. The summed E-state index contributed by atoms with van der Waals surface area (Å²) in [6.45, 7) is 2.15. The predicted molar refractivity (Wildman–Crippen MR) is 158 cm³/mol. The SMILES string of the molecule is CCNC(=O)CC[C@H](NC(=O)CC[C@H](NC(=O)CCCCCCCCCCCCCCCCC(=O)O)C(=O)O)C(=O)O. The first-order chi connectivity index (χ1) is 20.1. The summed E-state index contributed by atoms with van der Waals surface area (Å²) in [5.41, 5.74) is 0. The first kappa shape index (κ1) is 38.8. The Labute approximate surface area is 249 Å². The van der Waals surface area contributed by atoms with E-state index in [9.17, 15) is 39.0 Å². The highest BCUT2D eigenvalue weighted by atomic mass is 16.4. The molecule has 0 aromatic rings. The first-order valence-electron chi connectivity index (χ1n) is 15.6. The lowest BCUT2D eigenvalue weighted by atomic mass is 10.0. The average Bonchev–Trinajstić information content (AvgIpc) is 2.92. The first-order valence-corrected chi connectivity index (χ1v) is 15.6. The maximum atomic E-state index is 12.2. The maximum absolute atomic E-state index is 12.2. The van der Waals surface area contributed by atoms with E-state index in [1.807, 2.05) is 0 Å². The summed E-state index contributed by atoms with van der Waals surface area (Å²) in [5.74, 6) is -4.65. The molecule has 242 valence electrons. The minimum absolute atomic E-state index is 0.0696. The third-order valence-corrected chi connectivity index (χ3v) is 7.01. The number of carboxylic acid groups (broad SMARTS) is 3. The lowest BCUT2D eigenvalue weighted by Crippen LogP contribution is -2.44. The number of hydrogen-bond acceptors (Lipinski definition) is 6. The second-order valence-electron chi connectivity index (χ2n) is 10.8. The lowest BCUT2D eigenvalue weighted by molar-refractivity contribution is -0.143. The minimum Gasteiger partial charge on any atom is -0.481 e. The van der Waals surface area contributed by atoms with Gasteiger partial charge in [-0.3, -0.25) is 19.2 Å². The minimum atomic E-state index is -1.29. The van der Waals surface area contributed by atoms with Crippen molar-refractivity contribution in [2.75, 3.05) is 6.54 Å². The Morgan fingerprint density at radius 3 is 1.17 bits per heavy atom. The number of rotatable bonds is 28. The van der Waals surface area contributed by atoms with Gasteiger partial charge in [0.05, 0.1) is 0 Å². The second-order valence-corrected chi connectivity index (χ2v) is 10.8. The number of nitrogens with one attached hydrogen (secondary N) is 3. The van der Waals surface area contributed by atoms with Gasteiger partial charge in [-0.05, 0) is 32.6 Å². The van der Waals surface area contributed by atoms with Gasteiger partial charge < -0.3 is 31.3 Å². The molecule has 6 N–H and O–H groups in total. The van der Waals surface area contributed by atoms with E-state index in [0.29, 0.717) is 13.0 Å². The zero-order chi connectivity index (χ0) is 31.6. The number of hydrogen-bond donors (Lipinski definition) is 6. The molecule has 12 heteroatoms. The van der Waals surface area contributed by atoms with Gasteiger partial charge in [0.25, 0.3) is 0 Å². The predicted octanol–water partition coefficient (Wildman–Crippen LogP) is 4.15. The highest BCUT2D eigenvalue weighted by Gasteiger charge is 2.24. The Balaban J connectivity index is 3.95. The summed E-state index contributed by atoms with van der Waals surface area (Å²) in [6.07, 6.45) is 14.7. The van der Waals surface area contributed by atoms with Crippen LogP contribution in [-0.2, 0) is 28.8 Å². The molecule has 0 fully saturated rings. The molecule has 0 radical (unpaired) electrons. The average molecular weight is 600 g/mol. The topological polar surface area (TPSA) is 199 Å². The van der Waals surface area contributed by atoms with Crippen molar-refractivity contribution < 1.29 is 44.1 Å². The van der Waals surface area contributed by atoms with Gasteiger partial charge >= 0.3 is 17.9 Å². The van der Waals surface area contributed by atoms with Crippen LogP contribution < -0.4 is 16.0 Å². The summed E-state index contributed by atoms with van der Waals surface area (Å²) in [5, 5.41) is 34.6. The molecule has 0 spiro atoms. The van der Waals surface area contributed by atoms with Crippen LogP contribution in [0.1, 0.15) is 135 Å². The van der Waals surface area contributed by atoms with Gasteiger partial charge in [-0.25, -0.2) is 9.59 Å². The Bertz CT molecular complexity index is 820. The molecule has 0 aliphatic carbocycles. The third kappa shape index (κ3) is 23.5. The number of unbranched alkanes of at least 4 members (excludes halogenated alkanes) is 13. The van der Waals surface area contributed by atoms with Crippen LogP contribution in [0.15, 0.2) is 0 Å². The van der Waals surface area contributed by atoms with E-state index in [-0.39, 0.29) is 44.4 Å². The summed E-state index contributed by atoms with van der Waals surface area (Å²) in [6, 6.07) is -2.52. The Morgan fingerprint density at radius 2 is 0.810 bits per heavy atom. The van der Waals surface area contributed by atoms with Gasteiger partial charge in [0.1, 0.15) is 12.1 Å². The molecule has 0 rings (SSSR count). The number of aliphatic carboxylic acids is 3. The Kier molecular flexibility index (Phi) is 23.6. The quantitative estimate of drug-likeness (QED) is 0.0715. The zero-order valence-corrected chi connectivity index (χ0v) is 25.3. The number of carbonyl (C=O) groups excluding carboxylic acids is 3. The number of carbonyl (C=O) groups is 6. The van der Waals surface area contributed by atoms with Crippen molar-refractivity contribution in [3.63, 3.8) is 0 Å². The van der Waals surface area contributed by atoms with E-state index in [0.717, 1.165) is 44.9 Å². The lowest BCUT2D eigenvalue weighted by Gasteiger charge is -2.17. The van der Waals surface area contributed by atoms with Crippen LogP contribution >= 0.6 is 0 Å². The highest BCUT2D eigenvalue weighted by molar-refractivity contribution is 5.86. The van der Waals surface area contributed by atoms with Crippen molar-refractivity contribution in [3.05, 3.63) is 0 Å². The highest BCUT2D eigenvalue weighted by Crippen LogP contribution is 2.14. The van der Waals surface area contributed by atoms with Crippen molar-refractivity contribution >= 4 is 35.6 Å². The third-order valence-electron chi connectivity index (χ3n) is 7.01. The fourth-order valence-corrected chi connectivity index (χ4v) is 4.57. The van der Waals surface area contributed by atoms with E-state index in [1.165, 1.54) is 38.5 Å². The van der Waals surface area contributed by atoms with Crippen LogP contribution in [-0.4, -0.2) is 69.6 Å². The van der Waals surface area contributed by atoms with Gasteiger partial charge in [-0.2, -0.15) is 0 Å². The van der Waals surface area contributed by atoms with Gasteiger partial charge in [0.15, 0.2) is 0 Å². The molecule has 2 atom stereocenters. The Hall–Kier alpha value is -3.18. The molecule has 0 saturated heterocycles. The van der Waals surface area contributed by atoms with Gasteiger partial charge in [-0.1, -0.05) is 77.0 Å². The molecule has 0 aromatic heterocycles. The summed E-state index contributed by atoms with van der Waals surface area (Å²) in [4.78, 5) is 69.4. The van der Waals surface area contributed by atoms with Crippen molar-refractivity contribution in [3.8, 4) is 0 Å². The van der Waals surface area contributed by atoms with E-state index >= 15 is 0 Å². The fourth-order valence-electron chi connectivity index (χ4n) is 4.57. The van der Waals surface area contributed by atoms with E-state index in [1.54, 1.807) is 6.92 Å². The molecule has 0 aliphatic rings. The molecule has 12 nitrogen and oxygen atoms in total. The van der Waals surface area contributed by atoms with Gasteiger partial charge in [-0.15, -0.1) is 0 Å². The van der Waals surface area contributed by atoms with Crippen LogP contribution in [0.2, 0.25) is 0 Å². The maximum Gasteiger partial charge on any atom is 0.326 e. The number of amides is 3. The van der Waals surface area contributed by atoms with Crippen molar-refractivity contribution in [1.82, 2.24) is 16.0 Å². The molecular weight excluding hydrogens is 546 g/mol. The summed E-state index contributed by atoms with van der Waals surface area (Å²) >= 11 is 0. The summed E-state index contributed by atoms with van der Waals surface area (Å²) in [7, 11) is 0. The van der Waals surface area contributed by atoms with Crippen LogP contribution in [0.5, 0.6) is 0 Å². The van der Waals surface area contributed by atoms with Gasteiger partial charge in [0, 0.05) is 32.2 Å². The van der Waals surface area contributed by atoms with Crippen LogP contribution in [0.3, 0.4) is 0 Å². The van der Waals surface area contributed by atoms with Crippen molar-refractivity contribution in [1.29, 1.82) is 0 Å². The van der Waals surface area contributed by atoms with Crippen molar-refractivity contribution in [2.45, 2.75) is 147 Å². The molecule has 0 heterocycles. The molecule has 0 saturated carbocycles. The zero-order valence-electron chi connectivity index (χ0n) is 25.3. The molecular formula is C30H53N3O9. The van der Waals surface area contributed by atoms with E-state index in [2.05, 4.69) is 16.0 Å². The monoisotopic (exact) mass is 599 g/mol. The molecule has 42 heavy (non-hydrogen) atoms. The molecule has 0 unspecified atom stereocenters. The smallest absolute Gasteiger partial charge is 0.326 e. The number of carboxylic acids is 3. The van der Waals surface area contributed by atoms with Crippen LogP contribution in [0.25, 0.3) is 0 Å². The molecule has 3 amide bonds. The van der Waals surface area contributed by atoms with Crippen LogP contribution in [0, 0.1) is 0 Å². The van der Waals surface area contributed by atoms with E-state index in [4.69, 9.17) is 5.11 Å². The molecule has 0 bridgehead atoms. The Morgan fingerprint density at radius 1 is 0.476 bits per heavy atom. The summed E-state index contributed by atoms with van der Waals surface area (Å²) < 4.78 is 0. The second kappa shape index (κ2) is 25.5. The normalized spacial score (nSPS) is 12.2. The fraction of sp³-hybridized carbons (Fsp3) is 0.800.